The van der Waals surface area contributed by atoms with Crippen LogP contribution in [-0.4, -0.2) is 38.3 Å². The fourth-order valence-corrected chi connectivity index (χ4v) is 5.82. The van der Waals surface area contributed by atoms with E-state index in [1.54, 1.807) is 0 Å². The van der Waals surface area contributed by atoms with Gasteiger partial charge in [-0.25, -0.2) is 14.5 Å². The molecule has 0 spiro atoms. The number of aryl methyl sites for hydroxylation is 1. The van der Waals surface area contributed by atoms with Gasteiger partial charge >= 0.3 is 0 Å². The van der Waals surface area contributed by atoms with Crippen molar-refractivity contribution < 1.29 is 0 Å². The Morgan fingerprint density at radius 1 is 1.31 bits per heavy atom. The van der Waals surface area contributed by atoms with E-state index in [1.165, 1.54) is 30.7 Å². The normalized spacial score (nSPS) is 26.8. The number of nitrogens with zero attached hydrogens (tertiary/aromatic N) is 5. The summed E-state index contributed by atoms with van der Waals surface area (Å²) in [4.78, 5) is 12.2. The predicted octanol–water partition coefficient (Wildman–Crippen LogP) is 6.29. The Morgan fingerprint density at radius 2 is 2.06 bits per heavy atom. The topological polar surface area (TPSA) is 45.8 Å². The van der Waals surface area contributed by atoms with Gasteiger partial charge in [0.05, 0.1) is 10.7 Å². The minimum atomic E-state index is 0.470. The Balaban J connectivity index is 1.19. The molecule has 2 fully saturated rings. The molecule has 3 heterocycles. The van der Waals surface area contributed by atoms with Crippen LogP contribution in [0.2, 0.25) is 0 Å². The van der Waals surface area contributed by atoms with E-state index < -0.39 is 0 Å². The molecule has 32 heavy (non-hydrogen) atoms. The van der Waals surface area contributed by atoms with Crippen molar-refractivity contribution in [2.75, 3.05) is 13.1 Å². The predicted molar refractivity (Wildman–Crippen MR) is 134 cm³/mol. The number of fused-ring (bicyclic) bond motifs is 1. The van der Waals surface area contributed by atoms with Crippen LogP contribution in [0.15, 0.2) is 46.3 Å². The average Bonchev–Trinajstić information content (AvgIpc) is 3.18. The number of piperidine rings is 1. The highest BCUT2D eigenvalue weighted by Gasteiger charge is 2.46. The summed E-state index contributed by atoms with van der Waals surface area (Å²) in [5, 5.41) is 4.39. The number of hydrogen-bond donors (Lipinski definition) is 0. The number of aromatic nitrogens is 3. The number of likely N-dealkylation sites (tertiary alicyclic amines) is 1. The van der Waals surface area contributed by atoms with E-state index in [0.29, 0.717) is 11.3 Å². The van der Waals surface area contributed by atoms with Crippen molar-refractivity contribution in [3.05, 3.63) is 52.7 Å². The van der Waals surface area contributed by atoms with Gasteiger partial charge in [-0.15, -0.1) is 0 Å². The maximum atomic E-state index is 4.96. The average molecular weight is 496 g/mol. The summed E-state index contributed by atoms with van der Waals surface area (Å²) in [6.45, 7) is 13.2. The maximum absolute atomic E-state index is 4.96. The van der Waals surface area contributed by atoms with Crippen molar-refractivity contribution in [3.8, 4) is 0 Å². The molecule has 1 aliphatic heterocycles. The van der Waals surface area contributed by atoms with Gasteiger partial charge in [-0.05, 0) is 90.8 Å². The zero-order chi connectivity index (χ0) is 22.5. The highest BCUT2D eigenvalue weighted by atomic mass is 79.9. The Hall–Kier alpha value is -1.95. The van der Waals surface area contributed by atoms with E-state index in [9.17, 15) is 0 Å². The van der Waals surface area contributed by atoms with E-state index in [1.807, 2.05) is 10.7 Å². The number of hydrogen-bond acceptors (Lipinski definition) is 4. The molecule has 0 bridgehead atoms. The minimum absolute atomic E-state index is 0.470. The molecule has 6 heteroatoms. The second-order valence-corrected chi connectivity index (χ2v) is 11.5. The molecule has 2 aliphatic carbocycles. The maximum Gasteiger partial charge on any atom is 0.169 e. The molecule has 0 aromatic carbocycles. The van der Waals surface area contributed by atoms with Crippen molar-refractivity contribution in [2.45, 2.75) is 65.2 Å². The first-order valence-electron chi connectivity index (χ1n) is 12.0. The molecule has 1 saturated heterocycles. The van der Waals surface area contributed by atoms with Gasteiger partial charge in [-0.2, -0.15) is 5.10 Å². The Morgan fingerprint density at radius 3 is 2.78 bits per heavy atom. The molecule has 2 unspecified atom stereocenters. The monoisotopic (exact) mass is 495 g/mol. The second kappa shape index (κ2) is 8.44. The van der Waals surface area contributed by atoms with Crippen LogP contribution in [0.1, 0.15) is 69.7 Å². The second-order valence-electron chi connectivity index (χ2n) is 10.7. The van der Waals surface area contributed by atoms with E-state index in [4.69, 9.17) is 9.98 Å². The van der Waals surface area contributed by atoms with Crippen molar-refractivity contribution in [1.29, 1.82) is 0 Å². The number of rotatable bonds is 5. The molecule has 2 aromatic heterocycles. The molecule has 5 nitrogen and oxygen atoms in total. The van der Waals surface area contributed by atoms with Crippen LogP contribution >= 0.6 is 15.9 Å². The lowest BCUT2D eigenvalue weighted by molar-refractivity contribution is 0.260. The number of aliphatic imine (C=N–C) groups is 1. The molecule has 2 atom stereocenters. The van der Waals surface area contributed by atoms with Crippen LogP contribution < -0.4 is 0 Å². The van der Waals surface area contributed by atoms with Gasteiger partial charge in [-0.3, -0.25) is 0 Å². The van der Waals surface area contributed by atoms with Crippen LogP contribution in [0, 0.1) is 24.2 Å². The molecule has 0 N–H and O–H groups in total. The Labute approximate surface area is 199 Å². The van der Waals surface area contributed by atoms with Gasteiger partial charge in [0.1, 0.15) is 5.82 Å². The molecule has 5 rings (SSSR count). The van der Waals surface area contributed by atoms with E-state index in [2.05, 4.69) is 71.5 Å². The summed E-state index contributed by atoms with van der Waals surface area (Å²) >= 11 is 3.58. The first kappa shape index (κ1) is 21.9. The third-order valence-electron chi connectivity index (χ3n) is 7.79. The lowest BCUT2D eigenvalue weighted by Gasteiger charge is -2.33. The molecule has 0 radical (unpaired) electrons. The zero-order valence-electron chi connectivity index (χ0n) is 19.5. The first-order chi connectivity index (χ1) is 15.3. The fourth-order valence-electron chi connectivity index (χ4n) is 5.48. The molecule has 170 valence electrons. The number of halogens is 1. The molecular formula is C26H34BrN5. The lowest BCUT2D eigenvalue weighted by Crippen LogP contribution is -2.32. The molecule has 1 saturated carbocycles. The highest BCUT2D eigenvalue weighted by Crippen LogP contribution is 2.55. The van der Waals surface area contributed by atoms with Gasteiger partial charge in [0.25, 0.3) is 0 Å². The summed E-state index contributed by atoms with van der Waals surface area (Å²) in [5.74, 6) is 3.05. The molecule has 0 amide bonds. The van der Waals surface area contributed by atoms with E-state index in [-0.39, 0.29) is 0 Å². The summed E-state index contributed by atoms with van der Waals surface area (Å²) in [6.07, 6.45) is 13.6. The van der Waals surface area contributed by atoms with Crippen molar-refractivity contribution in [3.63, 3.8) is 0 Å². The SMILES string of the molecule is C=C(/N=C1/C=CCC(CC2CC2(C)C)C1)N1CCC(c2cc(C)n3ncc(Br)c3n2)CC1. The highest BCUT2D eigenvalue weighted by molar-refractivity contribution is 9.10. The lowest BCUT2D eigenvalue weighted by atomic mass is 9.87. The summed E-state index contributed by atoms with van der Waals surface area (Å²) in [6, 6.07) is 2.19. The van der Waals surface area contributed by atoms with Crippen LogP contribution in [0.5, 0.6) is 0 Å². The van der Waals surface area contributed by atoms with Crippen molar-refractivity contribution in [1.82, 2.24) is 19.5 Å². The number of allylic oxidation sites excluding steroid dienone is 2. The summed E-state index contributed by atoms with van der Waals surface area (Å²) < 4.78 is 2.85. The summed E-state index contributed by atoms with van der Waals surface area (Å²) in [5.41, 5.74) is 4.99. The fraction of sp³-hybridized carbons (Fsp3) is 0.577. The Bertz CT molecular complexity index is 1090. The van der Waals surface area contributed by atoms with E-state index in [0.717, 1.165) is 65.8 Å². The molecular weight excluding hydrogens is 462 g/mol. The minimum Gasteiger partial charge on any atom is -0.357 e. The van der Waals surface area contributed by atoms with Gasteiger partial charge in [0.2, 0.25) is 0 Å². The molecule has 2 aromatic rings. The van der Waals surface area contributed by atoms with Crippen LogP contribution in [-0.2, 0) is 0 Å². The van der Waals surface area contributed by atoms with E-state index >= 15 is 0 Å². The molecule has 3 aliphatic rings. The van der Waals surface area contributed by atoms with Crippen molar-refractivity contribution >= 4 is 27.3 Å². The van der Waals surface area contributed by atoms with Gasteiger partial charge in [0.15, 0.2) is 5.65 Å². The smallest absolute Gasteiger partial charge is 0.169 e. The van der Waals surface area contributed by atoms with Crippen molar-refractivity contribution in [2.24, 2.45) is 22.2 Å². The van der Waals surface area contributed by atoms with Gasteiger partial charge in [-0.1, -0.05) is 26.5 Å². The van der Waals surface area contributed by atoms with Gasteiger partial charge < -0.3 is 4.90 Å². The third-order valence-corrected chi connectivity index (χ3v) is 8.35. The zero-order valence-corrected chi connectivity index (χ0v) is 21.1. The summed E-state index contributed by atoms with van der Waals surface area (Å²) in [7, 11) is 0. The van der Waals surface area contributed by atoms with Crippen LogP contribution in [0.4, 0.5) is 0 Å². The third kappa shape index (κ3) is 4.43. The standard InChI is InChI=1S/C26H34BrN5/c1-17-12-24(30-25-23(27)16-28-32(17)25)20-8-10-31(11-9-20)18(2)29-22-7-5-6-19(14-22)13-21-15-26(21,3)4/h5,7,12,16,19-21H,2,6,8-11,13-15H2,1,3-4H3/b29-22-. The Kier molecular flexibility index (Phi) is 5.77. The van der Waals surface area contributed by atoms with Crippen LogP contribution in [0.3, 0.4) is 0 Å². The quantitative estimate of drug-likeness (QED) is 0.489. The first-order valence-corrected chi connectivity index (χ1v) is 12.8. The largest absolute Gasteiger partial charge is 0.357 e. The van der Waals surface area contributed by atoms with Crippen LogP contribution in [0.25, 0.3) is 5.65 Å². The van der Waals surface area contributed by atoms with Gasteiger partial charge in [0, 0.05) is 36.1 Å².